The van der Waals surface area contributed by atoms with Crippen LogP contribution in [0.5, 0.6) is 0 Å². The molecule has 2 N–H and O–H groups in total. The molecule has 2 atom stereocenters. The van der Waals surface area contributed by atoms with Gasteiger partial charge in [0.05, 0.1) is 11.0 Å². The number of nitrogens with one attached hydrogen (secondary N) is 1. The van der Waals surface area contributed by atoms with E-state index in [0.29, 0.717) is 11.1 Å². The Labute approximate surface area is 127 Å². The van der Waals surface area contributed by atoms with Crippen molar-refractivity contribution in [3.05, 3.63) is 75.6 Å². The molecule has 116 valence electrons. The number of nitrogens with zero attached hydrogens (tertiary/aromatic N) is 1. The molecule has 0 amide bonds. The van der Waals surface area contributed by atoms with Crippen LogP contribution in [0.15, 0.2) is 48.5 Å². The van der Waals surface area contributed by atoms with Crippen LogP contribution in [0, 0.1) is 15.9 Å². The van der Waals surface area contributed by atoms with Crippen molar-refractivity contribution in [2.45, 2.75) is 19.1 Å². The fourth-order valence-electron chi connectivity index (χ4n) is 2.22. The van der Waals surface area contributed by atoms with Crippen molar-refractivity contribution in [2.75, 3.05) is 6.54 Å². The summed E-state index contributed by atoms with van der Waals surface area (Å²) in [6, 6.07) is 11.8. The van der Waals surface area contributed by atoms with Crippen LogP contribution in [0.1, 0.15) is 30.2 Å². The Balaban J connectivity index is 2.02. The van der Waals surface area contributed by atoms with Gasteiger partial charge in [0, 0.05) is 24.2 Å². The number of nitro benzene ring substituents is 1. The van der Waals surface area contributed by atoms with Crippen molar-refractivity contribution in [3.63, 3.8) is 0 Å². The van der Waals surface area contributed by atoms with Gasteiger partial charge in [-0.15, -0.1) is 0 Å². The van der Waals surface area contributed by atoms with Crippen molar-refractivity contribution in [1.29, 1.82) is 0 Å². The van der Waals surface area contributed by atoms with Crippen LogP contribution in [-0.2, 0) is 0 Å². The molecule has 2 unspecified atom stereocenters. The van der Waals surface area contributed by atoms with E-state index in [1.807, 2.05) is 0 Å². The largest absolute Gasteiger partial charge is 0.387 e. The van der Waals surface area contributed by atoms with Crippen LogP contribution in [0.3, 0.4) is 0 Å². The third kappa shape index (κ3) is 3.87. The van der Waals surface area contributed by atoms with Gasteiger partial charge in [-0.05, 0) is 24.6 Å². The Morgan fingerprint density at radius 2 is 1.86 bits per heavy atom. The van der Waals surface area contributed by atoms with E-state index in [9.17, 15) is 19.6 Å². The maximum Gasteiger partial charge on any atom is 0.274 e. The first-order chi connectivity index (χ1) is 10.5. The van der Waals surface area contributed by atoms with E-state index in [2.05, 4.69) is 5.32 Å². The molecule has 0 aliphatic heterocycles. The number of halogens is 1. The molecular weight excluding hydrogens is 287 g/mol. The quantitative estimate of drug-likeness (QED) is 0.635. The summed E-state index contributed by atoms with van der Waals surface area (Å²) < 4.78 is 12.8. The lowest BCUT2D eigenvalue weighted by Gasteiger charge is -2.17. The van der Waals surface area contributed by atoms with Gasteiger partial charge in [-0.25, -0.2) is 4.39 Å². The van der Waals surface area contributed by atoms with Crippen LogP contribution < -0.4 is 5.32 Å². The second kappa shape index (κ2) is 7.11. The number of hydrogen-bond acceptors (Lipinski definition) is 4. The normalized spacial score (nSPS) is 13.6. The lowest BCUT2D eigenvalue weighted by Crippen LogP contribution is -2.25. The molecule has 0 aromatic heterocycles. The molecule has 22 heavy (non-hydrogen) atoms. The molecule has 2 rings (SSSR count). The molecule has 0 heterocycles. The Morgan fingerprint density at radius 3 is 2.50 bits per heavy atom. The van der Waals surface area contributed by atoms with E-state index in [1.54, 1.807) is 25.1 Å². The first kappa shape index (κ1) is 16.1. The average molecular weight is 304 g/mol. The molecule has 0 aliphatic rings. The van der Waals surface area contributed by atoms with Crippen molar-refractivity contribution in [3.8, 4) is 0 Å². The molecule has 0 aliphatic carbocycles. The molecule has 6 heteroatoms. The fourth-order valence-corrected chi connectivity index (χ4v) is 2.22. The highest BCUT2D eigenvalue weighted by Gasteiger charge is 2.18. The number of nitro groups is 1. The molecule has 0 bridgehead atoms. The van der Waals surface area contributed by atoms with Crippen LogP contribution in [0.25, 0.3) is 0 Å². The molecule has 0 saturated heterocycles. The molecule has 0 fully saturated rings. The standard InChI is InChI=1S/C16H17FN2O3/c1-11(14-4-2-3-5-15(14)19(21)22)18-10-16(20)12-6-8-13(17)9-7-12/h2-9,11,16,18,20H,10H2,1H3. The monoisotopic (exact) mass is 304 g/mol. The van der Waals surface area contributed by atoms with Crippen LogP contribution in [0.2, 0.25) is 0 Å². The van der Waals surface area contributed by atoms with Crippen molar-refractivity contribution in [2.24, 2.45) is 0 Å². The van der Waals surface area contributed by atoms with E-state index >= 15 is 0 Å². The van der Waals surface area contributed by atoms with Gasteiger partial charge in [-0.3, -0.25) is 10.1 Å². The highest BCUT2D eigenvalue weighted by atomic mass is 19.1. The van der Waals surface area contributed by atoms with Gasteiger partial charge in [0.15, 0.2) is 0 Å². The SMILES string of the molecule is CC(NCC(O)c1ccc(F)cc1)c1ccccc1[N+](=O)[O-]. The summed E-state index contributed by atoms with van der Waals surface area (Å²) in [6.07, 6.45) is -0.814. The summed E-state index contributed by atoms with van der Waals surface area (Å²) in [4.78, 5) is 10.6. The summed E-state index contributed by atoms with van der Waals surface area (Å²) in [5, 5.41) is 24.1. The van der Waals surface area contributed by atoms with Gasteiger partial charge in [-0.1, -0.05) is 30.3 Å². The molecule has 5 nitrogen and oxygen atoms in total. The average Bonchev–Trinajstić information content (AvgIpc) is 2.53. The van der Waals surface area contributed by atoms with Gasteiger partial charge in [0.2, 0.25) is 0 Å². The van der Waals surface area contributed by atoms with Crippen molar-refractivity contribution >= 4 is 5.69 Å². The van der Waals surface area contributed by atoms with E-state index in [-0.39, 0.29) is 24.1 Å². The molecule has 2 aromatic carbocycles. The lowest BCUT2D eigenvalue weighted by atomic mass is 10.0. The summed E-state index contributed by atoms with van der Waals surface area (Å²) >= 11 is 0. The van der Waals surface area contributed by atoms with Crippen LogP contribution in [0.4, 0.5) is 10.1 Å². The Morgan fingerprint density at radius 1 is 1.23 bits per heavy atom. The van der Waals surface area contributed by atoms with Gasteiger partial charge < -0.3 is 10.4 Å². The third-order valence-corrected chi connectivity index (χ3v) is 3.47. The van der Waals surface area contributed by atoms with Crippen molar-refractivity contribution < 1.29 is 14.4 Å². The van der Waals surface area contributed by atoms with E-state index < -0.39 is 11.0 Å². The summed E-state index contributed by atoms with van der Waals surface area (Å²) in [7, 11) is 0. The molecule has 0 spiro atoms. The van der Waals surface area contributed by atoms with E-state index in [0.717, 1.165) is 0 Å². The number of rotatable bonds is 6. The van der Waals surface area contributed by atoms with E-state index in [1.165, 1.54) is 30.3 Å². The zero-order valence-corrected chi connectivity index (χ0v) is 12.1. The minimum Gasteiger partial charge on any atom is -0.387 e. The molecule has 0 saturated carbocycles. The zero-order valence-electron chi connectivity index (χ0n) is 12.1. The maximum atomic E-state index is 12.8. The Hall–Kier alpha value is -2.31. The summed E-state index contributed by atoms with van der Waals surface area (Å²) in [5.74, 6) is -0.364. The van der Waals surface area contributed by atoms with Crippen molar-refractivity contribution in [1.82, 2.24) is 5.32 Å². The first-order valence-corrected chi connectivity index (χ1v) is 6.89. The lowest BCUT2D eigenvalue weighted by molar-refractivity contribution is -0.385. The summed E-state index contributed by atoms with van der Waals surface area (Å²) in [5.41, 5.74) is 1.18. The predicted octanol–water partition coefficient (Wildman–Crippen LogP) is 3.12. The fraction of sp³-hybridized carbons (Fsp3) is 0.250. The number of hydrogen-bond donors (Lipinski definition) is 2. The van der Waals surface area contributed by atoms with Gasteiger partial charge in [0.25, 0.3) is 5.69 Å². The molecule has 2 aromatic rings. The minimum absolute atomic E-state index is 0.0405. The second-order valence-electron chi connectivity index (χ2n) is 5.01. The highest BCUT2D eigenvalue weighted by Crippen LogP contribution is 2.24. The number of aliphatic hydroxyl groups excluding tert-OH is 1. The van der Waals surface area contributed by atoms with Crippen LogP contribution in [-0.4, -0.2) is 16.6 Å². The van der Waals surface area contributed by atoms with E-state index in [4.69, 9.17) is 0 Å². The van der Waals surface area contributed by atoms with Gasteiger partial charge in [-0.2, -0.15) is 0 Å². The summed E-state index contributed by atoms with van der Waals surface area (Å²) in [6.45, 7) is 2.00. The molecule has 0 radical (unpaired) electrons. The smallest absolute Gasteiger partial charge is 0.274 e. The zero-order chi connectivity index (χ0) is 16.1. The Bertz CT molecular complexity index is 646. The maximum absolute atomic E-state index is 12.8. The van der Waals surface area contributed by atoms with Crippen LogP contribution >= 0.6 is 0 Å². The minimum atomic E-state index is -0.814. The second-order valence-corrected chi connectivity index (χ2v) is 5.01. The first-order valence-electron chi connectivity index (χ1n) is 6.89. The van der Waals surface area contributed by atoms with Gasteiger partial charge in [0.1, 0.15) is 5.82 Å². The van der Waals surface area contributed by atoms with Gasteiger partial charge >= 0.3 is 0 Å². The highest BCUT2D eigenvalue weighted by molar-refractivity contribution is 5.41. The Kier molecular flexibility index (Phi) is 5.19. The topological polar surface area (TPSA) is 75.4 Å². The number of aliphatic hydroxyl groups is 1. The number of para-hydroxylation sites is 1. The number of benzene rings is 2. The third-order valence-electron chi connectivity index (χ3n) is 3.47. The molecular formula is C16H17FN2O3. The predicted molar refractivity (Wildman–Crippen MR) is 80.9 cm³/mol.